The van der Waals surface area contributed by atoms with Crippen LogP contribution in [-0.2, 0) is 6.42 Å². The second-order valence-corrected chi connectivity index (χ2v) is 4.99. The van der Waals surface area contributed by atoms with Gasteiger partial charge < -0.3 is 10.8 Å². The second-order valence-electron chi connectivity index (χ2n) is 4.99. The van der Waals surface area contributed by atoms with E-state index in [0.29, 0.717) is 6.54 Å². The van der Waals surface area contributed by atoms with E-state index in [2.05, 4.69) is 11.1 Å². The standard InChI is InChI=1S/C13H20N2O/c1-9(2)13(16,8-14)11-6-5-10-4-3-7-15-12(10)11/h3-4,7,9,11,16H,5-6,8,14H2,1-2H3. The Balaban J connectivity index is 2.37. The van der Waals surface area contributed by atoms with Crippen LogP contribution in [0.1, 0.15) is 37.4 Å². The van der Waals surface area contributed by atoms with Gasteiger partial charge in [0.15, 0.2) is 0 Å². The van der Waals surface area contributed by atoms with Crippen molar-refractivity contribution in [3.63, 3.8) is 0 Å². The quantitative estimate of drug-likeness (QED) is 0.810. The Morgan fingerprint density at radius 2 is 2.38 bits per heavy atom. The van der Waals surface area contributed by atoms with Crippen molar-refractivity contribution in [2.75, 3.05) is 6.54 Å². The zero-order chi connectivity index (χ0) is 11.8. The van der Waals surface area contributed by atoms with Crippen LogP contribution in [0.4, 0.5) is 0 Å². The molecule has 3 nitrogen and oxygen atoms in total. The van der Waals surface area contributed by atoms with Crippen molar-refractivity contribution < 1.29 is 5.11 Å². The van der Waals surface area contributed by atoms with E-state index in [1.807, 2.05) is 19.9 Å². The van der Waals surface area contributed by atoms with Crippen LogP contribution in [-0.4, -0.2) is 22.2 Å². The summed E-state index contributed by atoms with van der Waals surface area (Å²) in [7, 11) is 0. The highest BCUT2D eigenvalue weighted by molar-refractivity contribution is 5.31. The molecule has 1 heterocycles. The van der Waals surface area contributed by atoms with Crippen molar-refractivity contribution in [1.82, 2.24) is 4.98 Å². The molecule has 3 N–H and O–H groups in total. The fraction of sp³-hybridized carbons (Fsp3) is 0.615. The molecule has 3 heteroatoms. The molecule has 0 spiro atoms. The first-order chi connectivity index (χ1) is 7.59. The van der Waals surface area contributed by atoms with Gasteiger partial charge in [0, 0.05) is 24.4 Å². The molecule has 0 bridgehead atoms. The van der Waals surface area contributed by atoms with E-state index in [9.17, 15) is 5.11 Å². The summed E-state index contributed by atoms with van der Waals surface area (Å²) in [4.78, 5) is 4.42. The van der Waals surface area contributed by atoms with Gasteiger partial charge in [-0.2, -0.15) is 0 Å². The molecule has 0 aromatic carbocycles. The summed E-state index contributed by atoms with van der Waals surface area (Å²) in [5.74, 6) is 0.240. The van der Waals surface area contributed by atoms with Crippen molar-refractivity contribution in [2.24, 2.45) is 11.7 Å². The fourth-order valence-electron chi connectivity index (χ4n) is 2.68. The molecule has 0 fully saturated rings. The van der Waals surface area contributed by atoms with Gasteiger partial charge in [-0.3, -0.25) is 4.98 Å². The summed E-state index contributed by atoms with van der Waals surface area (Å²) in [6.07, 6.45) is 3.76. The highest BCUT2D eigenvalue weighted by Crippen LogP contribution is 2.42. The minimum absolute atomic E-state index is 0.0914. The lowest BCUT2D eigenvalue weighted by atomic mass is 9.77. The summed E-state index contributed by atoms with van der Waals surface area (Å²) in [6, 6.07) is 4.05. The van der Waals surface area contributed by atoms with E-state index in [0.717, 1.165) is 18.5 Å². The Morgan fingerprint density at radius 1 is 1.62 bits per heavy atom. The molecule has 0 amide bonds. The van der Waals surface area contributed by atoms with Crippen LogP contribution < -0.4 is 5.73 Å². The maximum absolute atomic E-state index is 10.7. The molecule has 1 aromatic heterocycles. The van der Waals surface area contributed by atoms with Crippen LogP contribution in [0.2, 0.25) is 0 Å². The first-order valence-electron chi connectivity index (χ1n) is 5.96. The summed E-state index contributed by atoms with van der Waals surface area (Å²) in [5, 5.41) is 10.7. The lowest BCUT2D eigenvalue weighted by Crippen LogP contribution is -2.47. The molecule has 1 aliphatic carbocycles. The number of aromatic nitrogens is 1. The van der Waals surface area contributed by atoms with Gasteiger partial charge in [0.2, 0.25) is 0 Å². The number of nitrogens with zero attached hydrogens (tertiary/aromatic N) is 1. The van der Waals surface area contributed by atoms with Gasteiger partial charge in [-0.1, -0.05) is 19.9 Å². The second kappa shape index (κ2) is 4.15. The van der Waals surface area contributed by atoms with Crippen LogP contribution >= 0.6 is 0 Å². The molecule has 0 saturated carbocycles. The van der Waals surface area contributed by atoms with Crippen molar-refractivity contribution >= 4 is 0 Å². The number of pyridine rings is 1. The maximum atomic E-state index is 10.7. The minimum atomic E-state index is -0.820. The normalized spacial score (nSPS) is 23.2. The van der Waals surface area contributed by atoms with E-state index >= 15 is 0 Å². The third kappa shape index (κ3) is 1.64. The molecule has 2 rings (SSSR count). The van der Waals surface area contributed by atoms with E-state index in [1.165, 1.54) is 5.56 Å². The Bertz CT molecular complexity index is 378. The molecular formula is C13H20N2O. The van der Waals surface area contributed by atoms with Crippen molar-refractivity contribution in [1.29, 1.82) is 0 Å². The first-order valence-corrected chi connectivity index (χ1v) is 5.96. The minimum Gasteiger partial charge on any atom is -0.388 e. The van der Waals surface area contributed by atoms with E-state index in [4.69, 9.17) is 5.73 Å². The topological polar surface area (TPSA) is 59.1 Å². The van der Waals surface area contributed by atoms with E-state index < -0.39 is 5.60 Å². The highest BCUT2D eigenvalue weighted by atomic mass is 16.3. The Kier molecular flexibility index (Phi) is 3.00. The zero-order valence-corrected chi connectivity index (χ0v) is 9.98. The smallest absolute Gasteiger partial charge is 0.0875 e. The van der Waals surface area contributed by atoms with Gasteiger partial charge in [0.05, 0.1) is 5.60 Å². The van der Waals surface area contributed by atoms with Gasteiger partial charge in [-0.05, 0) is 30.4 Å². The average molecular weight is 220 g/mol. The molecule has 2 unspecified atom stereocenters. The third-order valence-corrected chi connectivity index (χ3v) is 3.89. The Labute approximate surface area is 96.7 Å². The Hall–Kier alpha value is -0.930. The van der Waals surface area contributed by atoms with Crippen LogP contribution in [0.15, 0.2) is 18.3 Å². The molecule has 0 aliphatic heterocycles. The van der Waals surface area contributed by atoms with Crippen molar-refractivity contribution in [3.8, 4) is 0 Å². The summed E-state index contributed by atoms with van der Waals surface area (Å²) in [5.41, 5.74) is 7.26. The predicted molar refractivity (Wildman–Crippen MR) is 64.1 cm³/mol. The molecule has 2 atom stereocenters. The Morgan fingerprint density at radius 3 is 3.00 bits per heavy atom. The van der Waals surface area contributed by atoms with E-state index in [-0.39, 0.29) is 11.8 Å². The molecule has 0 radical (unpaired) electrons. The predicted octanol–water partition coefficient (Wildman–Crippen LogP) is 1.46. The van der Waals surface area contributed by atoms with Crippen LogP contribution in [0, 0.1) is 5.92 Å². The van der Waals surface area contributed by atoms with Gasteiger partial charge in [0.1, 0.15) is 0 Å². The SMILES string of the molecule is CC(C)C(O)(CN)C1CCc2cccnc21. The van der Waals surface area contributed by atoms with Gasteiger partial charge >= 0.3 is 0 Å². The number of nitrogens with two attached hydrogens (primary N) is 1. The van der Waals surface area contributed by atoms with Crippen LogP contribution in [0.3, 0.4) is 0 Å². The summed E-state index contributed by atoms with van der Waals surface area (Å²) in [6.45, 7) is 4.34. The summed E-state index contributed by atoms with van der Waals surface area (Å²) < 4.78 is 0. The monoisotopic (exact) mass is 220 g/mol. The van der Waals surface area contributed by atoms with Crippen LogP contribution in [0.25, 0.3) is 0 Å². The third-order valence-electron chi connectivity index (χ3n) is 3.89. The van der Waals surface area contributed by atoms with Crippen LogP contribution in [0.5, 0.6) is 0 Å². The summed E-state index contributed by atoms with van der Waals surface area (Å²) >= 11 is 0. The van der Waals surface area contributed by atoms with E-state index in [1.54, 1.807) is 6.20 Å². The first kappa shape index (κ1) is 11.6. The average Bonchev–Trinajstić information content (AvgIpc) is 2.72. The molecular weight excluding hydrogens is 200 g/mol. The van der Waals surface area contributed by atoms with Gasteiger partial charge in [-0.15, -0.1) is 0 Å². The van der Waals surface area contributed by atoms with Crippen molar-refractivity contribution in [3.05, 3.63) is 29.6 Å². The maximum Gasteiger partial charge on any atom is 0.0875 e. The molecule has 1 aromatic rings. The molecule has 0 saturated heterocycles. The highest BCUT2D eigenvalue weighted by Gasteiger charge is 2.43. The molecule has 1 aliphatic rings. The molecule has 16 heavy (non-hydrogen) atoms. The van der Waals surface area contributed by atoms with Gasteiger partial charge in [0.25, 0.3) is 0 Å². The lowest BCUT2D eigenvalue weighted by Gasteiger charge is -2.36. The number of hydrogen-bond donors (Lipinski definition) is 2. The largest absolute Gasteiger partial charge is 0.388 e. The van der Waals surface area contributed by atoms with Gasteiger partial charge in [-0.25, -0.2) is 0 Å². The number of aliphatic hydroxyl groups is 1. The zero-order valence-electron chi connectivity index (χ0n) is 9.98. The fourth-order valence-corrected chi connectivity index (χ4v) is 2.68. The lowest BCUT2D eigenvalue weighted by molar-refractivity contribution is -0.0232. The number of fused-ring (bicyclic) bond motifs is 1. The number of hydrogen-bond acceptors (Lipinski definition) is 3. The molecule has 88 valence electrons. The number of rotatable bonds is 3. The number of aryl methyl sites for hydroxylation is 1. The van der Waals surface area contributed by atoms with Crippen molar-refractivity contribution in [2.45, 2.75) is 38.2 Å².